The van der Waals surface area contributed by atoms with Crippen LogP contribution in [0.15, 0.2) is 29.2 Å². The lowest BCUT2D eigenvalue weighted by molar-refractivity contribution is -0.148. The monoisotopic (exact) mass is 376 g/mol. The maximum atomic E-state index is 13.0. The number of aliphatic carboxylic acids is 1. The van der Waals surface area contributed by atoms with Crippen LogP contribution in [0.1, 0.15) is 26.2 Å². The molecule has 3 unspecified atom stereocenters. The van der Waals surface area contributed by atoms with Gasteiger partial charge in [0.15, 0.2) is 0 Å². The number of benzene rings is 1. The molecule has 3 atom stereocenters. The highest BCUT2D eigenvalue weighted by Crippen LogP contribution is 2.31. The first-order chi connectivity index (χ1) is 12.4. The SMILES string of the molecule is CSc1cccc(N2CC(C(=O)N3CC(C(=O)O)CCC3C)CC2=O)c1. The van der Waals surface area contributed by atoms with Gasteiger partial charge in [-0.25, -0.2) is 0 Å². The van der Waals surface area contributed by atoms with E-state index in [-0.39, 0.29) is 30.8 Å². The minimum Gasteiger partial charge on any atom is -0.481 e. The number of anilines is 1. The van der Waals surface area contributed by atoms with Gasteiger partial charge in [0.05, 0.1) is 11.8 Å². The number of carbonyl (C=O) groups is 3. The van der Waals surface area contributed by atoms with Crippen LogP contribution in [0.5, 0.6) is 0 Å². The van der Waals surface area contributed by atoms with E-state index < -0.39 is 17.8 Å². The molecule has 0 aromatic heterocycles. The first-order valence-electron chi connectivity index (χ1n) is 8.88. The van der Waals surface area contributed by atoms with E-state index in [1.165, 1.54) is 0 Å². The summed E-state index contributed by atoms with van der Waals surface area (Å²) in [6.07, 6.45) is 3.44. The second-order valence-electron chi connectivity index (χ2n) is 7.06. The van der Waals surface area contributed by atoms with Crippen LogP contribution >= 0.6 is 11.8 Å². The topological polar surface area (TPSA) is 77.9 Å². The average molecular weight is 376 g/mol. The van der Waals surface area contributed by atoms with Gasteiger partial charge in [-0.3, -0.25) is 14.4 Å². The number of likely N-dealkylation sites (tertiary alicyclic amines) is 1. The molecule has 1 aromatic rings. The Balaban J connectivity index is 1.73. The Bertz CT molecular complexity index is 723. The van der Waals surface area contributed by atoms with Gasteiger partial charge in [-0.1, -0.05) is 6.07 Å². The summed E-state index contributed by atoms with van der Waals surface area (Å²) >= 11 is 1.61. The molecule has 1 aromatic carbocycles. The normalized spacial score (nSPS) is 26.2. The lowest BCUT2D eigenvalue weighted by Crippen LogP contribution is -2.49. The van der Waals surface area contributed by atoms with E-state index in [4.69, 9.17) is 0 Å². The van der Waals surface area contributed by atoms with Crippen molar-refractivity contribution in [2.24, 2.45) is 11.8 Å². The van der Waals surface area contributed by atoms with Gasteiger partial charge < -0.3 is 14.9 Å². The van der Waals surface area contributed by atoms with Crippen LogP contribution in [0.4, 0.5) is 5.69 Å². The fourth-order valence-corrected chi connectivity index (χ4v) is 4.20. The summed E-state index contributed by atoms with van der Waals surface area (Å²) in [5.41, 5.74) is 0.812. The van der Waals surface area contributed by atoms with Crippen LogP contribution < -0.4 is 4.90 Å². The van der Waals surface area contributed by atoms with Gasteiger partial charge in [-0.05, 0) is 44.2 Å². The molecule has 2 aliphatic rings. The standard InChI is InChI=1S/C19H24N2O4S/c1-12-6-7-13(19(24)25)10-20(12)18(23)14-8-17(22)21(11-14)15-4-3-5-16(9-15)26-2/h3-5,9,12-14H,6-8,10-11H2,1-2H3,(H,24,25). The molecule has 26 heavy (non-hydrogen) atoms. The molecular formula is C19H24N2O4S. The Kier molecular flexibility index (Phi) is 5.55. The molecule has 3 rings (SSSR count). The molecule has 1 N–H and O–H groups in total. The number of carboxylic acid groups (broad SMARTS) is 1. The Morgan fingerprint density at radius 1 is 1.19 bits per heavy atom. The number of piperidine rings is 1. The van der Waals surface area contributed by atoms with Gasteiger partial charge in [0.25, 0.3) is 0 Å². The fraction of sp³-hybridized carbons (Fsp3) is 0.526. The molecule has 2 saturated heterocycles. The largest absolute Gasteiger partial charge is 0.481 e. The van der Waals surface area contributed by atoms with Gasteiger partial charge in [0.1, 0.15) is 0 Å². The third-order valence-electron chi connectivity index (χ3n) is 5.35. The smallest absolute Gasteiger partial charge is 0.308 e. The summed E-state index contributed by atoms with van der Waals surface area (Å²) in [4.78, 5) is 41.2. The Hall–Kier alpha value is -2.02. The zero-order valence-electron chi connectivity index (χ0n) is 15.1. The van der Waals surface area contributed by atoms with Crippen molar-refractivity contribution in [3.05, 3.63) is 24.3 Å². The zero-order valence-corrected chi connectivity index (χ0v) is 15.9. The lowest BCUT2D eigenvalue weighted by atomic mass is 9.92. The fourth-order valence-electron chi connectivity index (χ4n) is 3.75. The highest BCUT2D eigenvalue weighted by molar-refractivity contribution is 7.98. The summed E-state index contributed by atoms with van der Waals surface area (Å²) in [5.74, 6) is -1.92. The van der Waals surface area contributed by atoms with E-state index in [0.717, 1.165) is 10.6 Å². The van der Waals surface area contributed by atoms with Gasteiger partial charge in [0, 0.05) is 36.1 Å². The third-order valence-corrected chi connectivity index (χ3v) is 6.08. The van der Waals surface area contributed by atoms with Gasteiger partial charge in [-0.2, -0.15) is 0 Å². The number of carboxylic acids is 1. The van der Waals surface area contributed by atoms with Crippen molar-refractivity contribution in [2.45, 2.75) is 37.1 Å². The lowest BCUT2D eigenvalue weighted by Gasteiger charge is -2.37. The second-order valence-corrected chi connectivity index (χ2v) is 7.94. The maximum Gasteiger partial charge on any atom is 0.308 e. The van der Waals surface area contributed by atoms with Crippen molar-refractivity contribution in [1.29, 1.82) is 0 Å². The number of hydrogen-bond acceptors (Lipinski definition) is 4. The summed E-state index contributed by atoms with van der Waals surface area (Å²) in [5, 5.41) is 9.27. The highest BCUT2D eigenvalue weighted by atomic mass is 32.2. The zero-order chi connectivity index (χ0) is 18.8. The maximum absolute atomic E-state index is 13.0. The number of amides is 2. The molecule has 0 radical (unpaired) electrons. The van der Waals surface area contributed by atoms with Crippen LogP contribution in [0, 0.1) is 11.8 Å². The molecule has 2 aliphatic heterocycles. The number of thioether (sulfide) groups is 1. The molecule has 0 bridgehead atoms. The van der Waals surface area contributed by atoms with Crippen LogP contribution in [-0.4, -0.2) is 53.2 Å². The number of carbonyl (C=O) groups excluding carboxylic acids is 2. The summed E-state index contributed by atoms with van der Waals surface area (Å²) in [6.45, 7) is 2.55. The average Bonchev–Trinajstić information content (AvgIpc) is 3.03. The van der Waals surface area contributed by atoms with Crippen molar-refractivity contribution in [3.63, 3.8) is 0 Å². The van der Waals surface area contributed by atoms with E-state index in [1.807, 2.05) is 37.4 Å². The Morgan fingerprint density at radius 3 is 2.65 bits per heavy atom. The van der Waals surface area contributed by atoms with Crippen molar-refractivity contribution < 1.29 is 19.5 Å². The van der Waals surface area contributed by atoms with E-state index in [1.54, 1.807) is 21.6 Å². The second kappa shape index (κ2) is 7.70. The quantitative estimate of drug-likeness (QED) is 0.817. The molecule has 2 heterocycles. The summed E-state index contributed by atoms with van der Waals surface area (Å²) in [6, 6.07) is 7.75. The molecule has 0 spiro atoms. The van der Waals surface area contributed by atoms with E-state index in [9.17, 15) is 19.5 Å². The Labute approximate surface area is 157 Å². The molecule has 140 valence electrons. The van der Waals surface area contributed by atoms with Crippen molar-refractivity contribution in [2.75, 3.05) is 24.2 Å². The van der Waals surface area contributed by atoms with Crippen LogP contribution in [-0.2, 0) is 14.4 Å². The van der Waals surface area contributed by atoms with Crippen LogP contribution in [0.25, 0.3) is 0 Å². The predicted molar refractivity (Wildman–Crippen MR) is 100 cm³/mol. The molecular weight excluding hydrogens is 352 g/mol. The number of nitrogens with zero attached hydrogens (tertiary/aromatic N) is 2. The number of hydrogen-bond donors (Lipinski definition) is 1. The molecule has 7 heteroatoms. The third kappa shape index (κ3) is 3.72. The molecule has 2 amide bonds. The Morgan fingerprint density at radius 2 is 1.96 bits per heavy atom. The first-order valence-corrected chi connectivity index (χ1v) is 10.1. The number of rotatable bonds is 4. The first kappa shape index (κ1) is 18.8. The predicted octanol–water partition coefficient (Wildman–Crippen LogP) is 2.47. The highest BCUT2D eigenvalue weighted by Gasteiger charge is 2.41. The molecule has 2 fully saturated rings. The van der Waals surface area contributed by atoms with E-state index in [2.05, 4.69) is 0 Å². The molecule has 6 nitrogen and oxygen atoms in total. The van der Waals surface area contributed by atoms with Gasteiger partial charge in [-0.15, -0.1) is 11.8 Å². The van der Waals surface area contributed by atoms with Gasteiger partial charge in [0.2, 0.25) is 11.8 Å². The van der Waals surface area contributed by atoms with Crippen molar-refractivity contribution in [1.82, 2.24) is 4.90 Å². The van der Waals surface area contributed by atoms with Crippen molar-refractivity contribution in [3.8, 4) is 0 Å². The van der Waals surface area contributed by atoms with Crippen LogP contribution in [0.3, 0.4) is 0 Å². The van der Waals surface area contributed by atoms with Crippen LogP contribution in [0.2, 0.25) is 0 Å². The van der Waals surface area contributed by atoms with Gasteiger partial charge >= 0.3 is 5.97 Å². The molecule has 0 aliphatic carbocycles. The minimum atomic E-state index is -0.854. The van der Waals surface area contributed by atoms with E-state index in [0.29, 0.717) is 19.4 Å². The van der Waals surface area contributed by atoms with Crippen molar-refractivity contribution >= 4 is 35.2 Å². The molecule has 0 saturated carbocycles. The summed E-state index contributed by atoms with van der Waals surface area (Å²) < 4.78 is 0. The summed E-state index contributed by atoms with van der Waals surface area (Å²) in [7, 11) is 0. The van der Waals surface area contributed by atoms with E-state index >= 15 is 0 Å². The minimum absolute atomic E-state index is 0.0158.